The van der Waals surface area contributed by atoms with Crippen LogP contribution in [0.15, 0.2) is 71.6 Å². The summed E-state index contributed by atoms with van der Waals surface area (Å²) in [6.07, 6.45) is 0. The Morgan fingerprint density at radius 1 is 0.833 bits per heavy atom. The second-order valence-corrected chi connectivity index (χ2v) is 9.40. The number of sulfonamides is 1. The molecule has 3 rings (SSSR count). The summed E-state index contributed by atoms with van der Waals surface area (Å²) in [7, 11) is -3.92. The zero-order valence-corrected chi connectivity index (χ0v) is 18.5. The van der Waals surface area contributed by atoms with Gasteiger partial charge in [-0.25, -0.2) is 8.42 Å². The summed E-state index contributed by atoms with van der Waals surface area (Å²) >= 11 is 0. The Hall–Kier alpha value is -3.12. The number of nitrogens with one attached hydrogen (secondary N) is 1. The molecular formula is C24H26N2O3S. The van der Waals surface area contributed by atoms with Crippen molar-refractivity contribution < 1.29 is 13.2 Å². The van der Waals surface area contributed by atoms with Crippen LogP contribution < -0.4 is 9.62 Å². The molecule has 0 bridgehead atoms. The van der Waals surface area contributed by atoms with E-state index >= 15 is 0 Å². The lowest BCUT2D eigenvalue weighted by Crippen LogP contribution is -2.38. The molecule has 6 heteroatoms. The van der Waals surface area contributed by atoms with Gasteiger partial charge in [-0.2, -0.15) is 0 Å². The maximum absolute atomic E-state index is 13.4. The maximum atomic E-state index is 13.4. The van der Waals surface area contributed by atoms with Crippen LogP contribution in [0, 0.1) is 27.7 Å². The molecule has 0 saturated carbocycles. The molecular weight excluding hydrogens is 396 g/mol. The van der Waals surface area contributed by atoms with E-state index in [4.69, 9.17) is 0 Å². The Morgan fingerprint density at radius 3 is 2.07 bits per heavy atom. The van der Waals surface area contributed by atoms with Gasteiger partial charge < -0.3 is 5.32 Å². The first-order chi connectivity index (χ1) is 14.2. The Bertz CT molecular complexity index is 1150. The highest BCUT2D eigenvalue weighted by Gasteiger charge is 2.27. The van der Waals surface area contributed by atoms with Gasteiger partial charge in [0.15, 0.2) is 0 Å². The predicted octanol–water partition coefficient (Wildman–Crippen LogP) is 4.75. The highest BCUT2D eigenvalue weighted by molar-refractivity contribution is 7.92. The van der Waals surface area contributed by atoms with Gasteiger partial charge in [0.1, 0.15) is 6.54 Å². The molecule has 0 saturated heterocycles. The van der Waals surface area contributed by atoms with Gasteiger partial charge in [-0.05, 0) is 74.7 Å². The van der Waals surface area contributed by atoms with Crippen molar-refractivity contribution in [2.75, 3.05) is 16.2 Å². The molecule has 1 amide bonds. The van der Waals surface area contributed by atoms with E-state index in [0.29, 0.717) is 11.4 Å². The third-order valence-corrected chi connectivity index (χ3v) is 6.56. The minimum Gasteiger partial charge on any atom is -0.324 e. The SMILES string of the molecule is Cc1cc(C)cc(N(CC(=O)Nc2ccc(C)cc2C)S(=O)(=O)c2ccccc2)c1. The Morgan fingerprint density at radius 2 is 1.47 bits per heavy atom. The molecule has 0 spiro atoms. The molecule has 0 fully saturated rings. The standard InChI is InChI=1S/C24H26N2O3S/c1-17-10-11-23(20(4)13-17)25-24(27)16-26(21-14-18(2)12-19(3)15-21)30(28,29)22-8-6-5-7-9-22/h5-15H,16H2,1-4H3,(H,25,27). The number of anilines is 2. The van der Waals surface area contributed by atoms with Crippen molar-refractivity contribution in [3.05, 3.63) is 89.0 Å². The van der Waals surface area contributed by atoms with Crippen molar-refractivity contribution in [1.82, 2.24) is 0 Å². The summed E-state index contributed by atoms with van der Waals surface area (Å²) < 4.78 is 28.0. The molecule has 3 aromatic rings. The molecule has 0 aromatic heterocycles. The van der Waals surface area contributed by atoms with Gasteiger partial charge in [-0.1, -0.05) is 42.0 Å². The lowest BCUT2D eigenvalue weighted by Gasteiger charge is -2.25. The van der Waals surface area contributed by atoms with Crippen molar-refractivity contribution in [2.24, 2.45) is 0 Å². The number of amides is 1. The smallest absolute Gasteiger partial charge is 0.264 e. The maximum Gasteiger partial charge on any atom is 0.264 e. The normalized spacial score (nSPS) is 11.2. The van der Waals surface area contributed by atoms with Crippen molar-refractivity contribution in [3.63, 3.8) is 0 Å². The lowest BCUT2D eigenvalue weighted by molar-refractivity contribution is -0.114. The first-order valence-electron chi connectivity index (χ1n) is 9.70. The average molecular weight is 423 g/mol. The minimum atomic E-state index is -3.92. The number of carbonyl (C=O) groups excluding carboxylic acids is 1. The minimum absolute atomic E-state index is 0.142. The van der Waals surface area contributed by atoms with Crippen molar-refractivity contribution in [2.45, 2.75) is 32.6 Å². The van der Waals surface area contributed by atoms with Crippen molar-refractivity contribution in [3.8, 4) is 0 Å². The van der Waals surface area contributed by atoms with Crippen LogP contribution in [0.5, 0.6) is 0 Å². The predicted molar refractivity (Wildman–Crippen MR) is 121 cm³/mol. The van der Waals surface area contributed by atoms with Crippen LogP contribution in [-0.4, -0.2) is 20.9 Å². The molecule has 0 aliphatic heterocycles. The number of carbonyl (C=O) groups is 1. The second kappa shape index (κ2) is 8.71. The van der Waals surface area contributed by atoms with E-state index in [1.807, 2.05) is 52.0 Å². The van der Waals surface area contributed by atoms with Crippen LogP contribution in [0.3, 0.4) is 0 Å². The van der Waals surface area contributed by atoms with Gasteiger partial charge in [0.2, 0.25) is 5.91 Å². The number of rotatable bonds is 6. The first-order valence-corrected chi connectivity index (χ1v) is 11.1. The Balaban J connectivity index is 1.98. The summed E-state index contributed by atoms with van der Waals surface area (Å²) in [5, 5.41) is 2.85. The summed E-state index contributed by atoms with van der Waals surface area (Å²) in [4.78, 5) is 13.0. The topological polar surface area (TPSA) is 66.5 Å². The Kier molecular flexibility index (Phi) is 6.27. The summed E-state index contributed by atoms with van der Waals surface area (Å²) in [5.41, 5.74) is 5.00. The molecule has 5 nitrogen and oxygen atoms in total. The molecule has 30 heavy (non-hydrogen) atoms. The molecule has 0 radical (unpaired) electrons. The fourth-order valence-electron chi connectivity index (χ4n) is 3.40. The number of benzene rings is 3. The molecule has 3 aromatic carbocycles. The van der Waals surface area contributed by atoms with Crippen LogP contribution in [-0.2, 0) is 14.8 Å². The lowest BCUT2D eigenvalue weighted by atomic mass is 10.1. The van der Waals surface area contributed by atoms with Crippen LogP contribution in [0.25, 0.3) is 0 Å². The first kappa shape index (κ1) is 21.6. The molecule has 1 N–H and O–H groups in total. The third-order valence-electron chi connectivity index (χ3n) is 4.77. The van der Waals surface area contributed by atoms with Crippen LogP contribution >= 0.6 is 0 Å². The third kappa shape index (κ3) is 4.89. The average Bonchev–Trinajstić information content (AvgIpc) is 2.68. The van der Waals surface area contributed by atoms with Crippen LogP contribution in [0.2, 0.25) is 0 Å². The summed E-state index contributed by atoms with van der Waals surface area (Å²) in [6, 6.07) is 19.4. The molecule has 0 aliphatic carbocycles. The zero-order valence-electron chi connectivity index (χ0n) is 17.6. The van der Waals surface area contributed by atoms with Crippen molar-refractivity contribution >= 4 is 27.3 Å². The second-order valence-electron chi connectivity index (χ2n) is 7.54. The van der Waals surface area contributed by atoms with Gasteiger partial charge >= 0.3 is 0 Å². The largest absolute Gasteiger partial charge is 0.324 e. The van der Waals surface area contributed by atoms with E-state index in [0.717, 1.165) is 22.3 Å². The van der Waals surface area contributed by atoms with Gasteiger partial charge in [-0.15, -0.1) is 0 Å². The van der Waals surface area contributed by atoms with Crippen molar-refractivity contribution in [1.29, 1.82) is 0 Å². The van der Waals surface area contributed by atoms with Crippen LogP contribution in [0.1, 0.15) is 22.3 Å². The van der Waals surface area contributed by atoms with E-state index in [9.17, 15) is 13.2 Å². The van der Waals surface area contributed by atoms with E-state index in [2.05, 4.69) is 5.32 Å². The molecule has 0 atom stereocenters. The fourth-order valence-corrected chi connectivity index (χ4v) is 4.83. The molecule has 0 heterocycles. The number of nitrogens with zero attached hydrogens (tertiary/aromatic N) is 1. The number of hydrogen-bond donors (Lipinski definition) is 1. The van der Waals surface area contributed by atoms with Gasteiger partial charge in [0.05, 0.1) is 10.6 Å². The highest BCUT2D eigenvalue weighted by Crippen LogP contribution is 2.26. The van der Waals surface area contributed by atoms with E-state index in [-0.39, 0.29) is 11.4 Å². The highest BCUT2D eigenvalue weighted by atomic mass is 32.2. The van der Waals surface area contributed by atoms with E-state index < -0.39 is 15.9 Å². The van der Waals surface area contributed by atoms with E-state index in [1.165, 1.54) is 16.4 Å². The van der Waals surface area contributed by atoms with Gasteiger partial charge in [0.25, 0.3) is 10.0 Å². The Labute approximate surface area is 178 Å². The molecule has 0 aliphatic rings. The van der Waals surface area contributed by atoms with Gasteiger partial charge in [-0.3, -0.25) is 9.10 Å². The quantitative estimate of drug-likeness (QED) is 0.623. The summed E-state index contributed by atoms with van der Waals surface area (Å²) in [6.45, 7) is 7.37. The fraction of sp³-hybridized carbons (Fsp3) is 0.208. The monoisotopic (exact) mass is 422 g/mol. The molecule has 156 valence electrons. The van der Waals surface area contributed by atoms with E-state index in [1.54, 1.807) is 30.3 Å². The number of aryl methyl sites for hydroxylation is 4. The van der Waals surface area contributed by atoms with Crippen LogP contribution in [0.4, 0.5) is 11.4 Å². The number of hydrogen-bond acceptors (Lipinski definition) is 3. The zero-order chi connectivity index (χ0) is 21.9. The van der Waals surface area contributed by atoms with Gasteiger partial charge in [0, 0.05) is 5.69 Å². The summed E-state index contributed by atoms with van der Waals surface area (Å²) in [5.74, 6) is -0.402. The molecule has 0 unspecified atom stereocenters.